The summed E-state index contributed by atoms with van der Waals surface area (Å²) in [6, 6.07) is 11.7. The van der Waals surface area contributed by atoms with Gasteiger partial charge in [0.1, 0.15) is 11.5 Å². The smallest absolute Gasteiger partial charge is 0.229 e. The fraction of sp³-hybridized carbons (Fsp3) is 0.188. The second-order valence-electron chi connectivity index (χ2n) is 5.38. The summed E-state index contributed by atoms with van der Waals surface area (Å²) in [6.45, 7) is 0. The second kappa shape index (κ2) is 4.21. The van der Waals surface area contributed by atoms with Gasteiger partial charge >= 0.3 is 0 Å². The molecule has 2 aromatic carbocycles. The Morgan fingerprint density at radius 2 is 1.95 bits per heavy atom. The highest BCUT2D eigenvalue weighted by Crippen LogP contribution is 2.51. The maximum Gasteiger partial charge on any atom is 0.229 e. The lowest BCUT2D eigenvalue weighted by Gasteiger charge is -2.33. The highest BCUT2D eigenvalue weighted by atomic mass is 35.5. The van der Waals surface area contributed by atoms with Crippen LogP contribution in [0.1, 0.15) is 18.4 Å². The van der Waals surface area contributed by atoms with Crippen LogP contribution in [0.4, 0.5) is 15.8 Å². The minimum Gasteiger partial charge on any atom is -0.357 e. The number of nitrogens with one attached hydrogen (secondary N) is 1. The maximum absolute atomic E-state index is 13.2. The molecule has 0 aromatic heterocycles. The van der Waals surface area contributed by atoms with E-state index >= 15 is 0 Å². The van der Waals surface area contributed by atoms with Crippen molar-refractivity contribution in [3.8, 4) is 0 Å². The van der Waals surface area contributed by atoms with Crippen molar-refractivity contribution in [1.29, 1.82) is 0 Å². The first-order valence-corrected chi connectivity index (χ1v) is 7.15. The lowest BCUT2D eigenvalue weighted by Crippen LogP contribution is -2.44. The fourth-order valence-electron chi connectivity index (χ4n) is 3.27. The van der Waals surface area contributed by atoms with Gasteiger partial charge in [0.15, 0.2) is 0 Å². The van der Waals surface area contributed by atoms with Crippen LogP contribution in [0.2, 0.25) is 5.02 Å². The first-order chi connectivity index (χ1) is 10.1. The van der Waals surface area contributed by atoms with Crippen LogP contribution in [-0.4, -0.2) is 5.91 Å². The molecule has 1 atom stereocenters. The van der Waals surface area contributed by atoms with E-state index in [-0.39, 0.29) is 11.7 Å². The van der Waals surface area contributed by atoms with Gasteiger partial charge in [-0.3, -0.25) is 9.69 Å². The Hall–Kier alpha value is -2.07. The van der Waals surface area contributed by atoms with Crippen molar-refractivity contribution < 1.29 is 9.18 Å². The van der Waals surface area contributed by atoms with Crippen molar-refractivity contribution in [3.05, 3.63) is 58.9 Å². The lowest BCUT2D eigenvalue weighted by molar-refractivity contribution is -0.117. The fourth-order valence-corrected chi connectivity index (χ4v) is 3.44. The van der Waals surface area contributed by atoms with Crippen molar-refractivity contribution >= 4 is 28.9 Å². The van der Waals surface area contributed by atoms with Crippen molar-refractivity contribution in [3.63, 3.8) is 0 Å². The van der Waals surface area contributed by atoms with Crippen molar-refractivity contribution in [1.82, 2.24) is 0 Å². The van der Waals surface area contributed by atoms with E-state index in [2.05, 4.69) is 5.32 Å². The number of hydrogen-bond donors (Lipinski definition) is 1. The van der Waals surface area contributed by atoms with E-state index in [1.165, 1.54) is 12.1 Å². The zero-order valence-electron chi connectivity index (χ0n) is 11.1. The molecule has 0 bridgehead atoms. The summed E-state index contributed by atoms with van der Waals surface area (Å²) in [5, 5.41) is 4.02. The highest BCUT2D eigenvalue weighted by Gasteiger charge is 2.52. The molecule has 106 valence electrons. The Morgan fingerprint density at radius 1 is 1.19 bits per heavy atom. The molecule has 1 saturated heterocycles. The molecule has 0 saturated carbocycles. The van der Waals surface area contributed by atoms with E-state index in [9.17, 15) is 9.18 Å². The number of halogens is 2. The average molecular weight is 303 g/mol. The van der Waals surface area contributed by atoms with Crippen molar-refractivity contribution in [2.24, 2.45) is 0 Å². The Bertz CT molecular complexity index is 746. The molecule has 3 nitrogen and oxygen atoms in total. The van der Waals surface area contributed by atoms with Crippen LogP contribution in [0.25, 0.3) is 0 Å². The Balaban J connectivity index is 1.89. The topological polar surface area (TPSA) is 32.3 Å². The molecule has 4 rings (SSSR count). The van der Waals surface area contributed by atoms with E-state index in [1.54, 1.807) is 29.2 Å². The molecule has 2 aliphatic rings. The molecule has 1 N–H and O–H groups in total. The Kier molecular flexibility index (Phi) is 2.54. The molecule has 5 heteroatoms. The number of benzene rings is 2. The lowest BCUT2D eigenvalue weighted by atomic mass is 9.97. The molecule has 1 unspecified atom stereocenters. The predicted molar refractivity (Wildman–Crippen MR) is 79.9 cm³/mol. The summed E-state index contributed by atoms with van der Waals surface area (Å²) in [6.07, 6.45) is 1.10. The normalized spacial score (nSPS) is 23.0. The minimum atomic E-state index is -0.627. The number of anilines is 2. The van der Waals surface area contributed by atoms with Gasteiger partial charge in [0, 0.05) is 17.9 Å². The van der Waals surface area contributed by atoms with Gasteiger partial charge in [-0.05, 0) is 35.9 Å². The summed E-state index contributed by atoms with van der Waals surface area (Å²) >= 11 is 6.06. The number of rotatable bonds is 1. The first-order valence-electron chi connectivity index (χ1n) is 6.77. The second-order valence-corrected chi connectivity index (χ2v) is 5.82. The molecule has 2 heterocycles. The van der Waals surface area contributed by atoms with Crippen molar-refractivity contribution in [2.45, 2.75) is 18.5 Å². The van der Waals surface area contributed by atoms with Crippen molar-refractivity contribution in [2.75, 3.05) is 10.2 Å². The van der Waals surface area contributed by atoms with Crippen LogP contribution in [0, 0.1) is 5.82 Å². The molecule has 1 fully saturated rings. The summed E-state index contributed by atoms with van der Waals surface area (Å²) in [5.74, 6) is -0.238. The van der Waals surface area contributed by atoms with E-state index in [1.807, 2.05) is 6.07 Å². The molecule has 0 aliphatic carbocycles. The summed E-state index contributed by atoms with van der Waals surface area (Å²) in [4.78, 5) is 14.1. The minimum absolute atomic E-state index is 0.0489. The van der Waals surface area contributed by atoms with Crippen LogP contribution >= 0.6 is 11.6 Å². The molecule has 2 aromatic rings. The summed E-state index contributed by atoms with van der Waals surface area (Å²) in [5.41, 5.74) is 1.91. The van der Waals surface area contributed by atoms with Crippen LogP contribution in [0.15, 0.2) is 42.5 Å². The molecule has 21 heavy (non-hydrogen) atoms. The quantitative estimate of drug-likeness (QED) is 0.867. The highest BCUT2D eigenvalue weighted by molar-refractivity contribution is 6.31. The summed E-state index contributed by atoms with van der Waals surface area (Å²) < 4.78 is 13.2. The van der Waals surface area contributed by atoms with Gasteiger partial charge in [-0.25, -0.2) is 4.39 Å². The van der Waals surface area contributed by atoms with Crippen LogP contribution in [-0.2, 0) is 10.5 Å². The maximum atomic E-state index is 13.2. The number of carbonyl (C=O) groups is 1. The largest absolute Gasteiger partial charge is 0.357 e. The van der Waals surface area contributed by atoms with Gasteiger partial charge < -0.3 is 5.32 Å². The van der Waals surface area contributed by atoms with E-state index in [0.717, 1.165) is 16.9 Å². The van der Waals surface area contributed by atoms with Gasteiger partial charge in [0.05, 0.1) is 11.4 Å². The van der Waals surface area contributed by atoms with E-state index in [4.69, 9.17) is 11.6 Å². The Labute approximate surface area is 126 Å². The molecule has 0 spiro atoms. The third-order valence-electron chi connectivity index (χ3n) is 4.20. The third-order valence-corrected chi connectivity index (χ3v) is 4.43. The zero-order valence-corrected chi connectivity index (χ0v) is 11.8. The monoisotopic (exact) mass is 302 g/mol. The van der Waals surface area contributed by atoms with Crippen LogP contribution in [0.5, 0.6) is 0 Å². The molecular weight excluding hydrogens is 291 g/mol. The van der Waals surface area contributed by atoms with Gasteiger partial charge in [0.2, 0.25) is 5.91 Å². The predicted octanol–water partition coefficient (Wildman–Crippen LogP) is 3.88. The van der Waals surface area contributed by atoms with Crippen LogP contribution in [0.3, 0.4) is 0 Å². The molecule has 0 radical (unpaired) electrons. The number of amides is 1. The molecule has 2 aliphatic heterocycles. The summed E-state index contributed by atoms with van der Waals surface area (Å²) in [7, 11) is 0. The van der Waals surface area contributed by atoms with Gasteiger partial charge in [-0.1, -0.05) is 23.7 Å². The van der Waals surface area contributed by atoms with Crippen LogP contribution < -0.4 is 10.2 Å². The molecule has 1 amide bonds. The standard InChI is InChI=1S/C16H12ClFN2O/c17-11-3-6-13-14(9-11)20-15(21)7-8-16(20,19-13)10-1-4-12(18)5-2-10/h1-6,9,19H,7-8H2. The average Bonchev–Trinajstić information content (AvgIpc) is 2.96. The van der Waals surface area contributed by atoms with Gasteiger partial charge in [-0.2, -0.15) is 0 Å². The van der Waals surface area contributed by atoms with Gasteiger partial charge in [-0.15, -0.1) is 0 Å². The number of hydrogen-bond acceptors (Lipinski definition) is 2. The SMILES string of the molecule is O=C1CCC2(c3ccc(F)cc3)Nc3ccc(Cl)cc3N12. The number of carbonyl (C=O) groups excluding carboxylic acids is 1. The zero-order chi connectivity index (χ0) is 14.6. The third kappa shape index (κ3) is 1.69. The van der Waals surface area contributed by atoms with E-state index < -0.39 is 5.66 Å². The first kappa shape index (κ1) is 12.7. The van der Waals surface area contributed by atoms with E-state index in [0.29, 0.717) is 17.9 Å². The van der Waals surface area contributed by atoms with Gasteiger partial charge in [0.25, 0.3) is 0 Å². The number of fused-ring (bicyclic) bond motifs is 3. The Morgan fingerprint density at radius 3 is 2.71 bits per heavy atom. The molecular formula is C16H12ClFN2O. The number of nitrogens with zero attached hydrogens (tertiary/aromatic N) is 1.